The highest BCUT2D eigenvalue weighted by molar-refractivity contribution is 5.98. The molecule has 2 amide bonds. The number of likely N-dealkylation sites (tertiary alicyclic amines) is 1. The Morgan fingerprint density at radius 3 is 2.59 bits per heavy atom. The van der Waals surface area contributed by atoms with Gasteiger partial charge in [0, 0.05) is 42.2 Å². The fourth-order valence-corrected chi connectivity index (χ4v) is 3.45. The topological polar surface area (TPSA) is 74.6 Å². The van der Waals surface area contributed by atoms with Gasteiger partial charge in [0.15, 0.2) is 0 Å². The van der Waals surface area contributed by atoms with E-state index >= 15 is 0 Å². The van der Waals surface area contributed by atoms with Gasteiger partial charge in [0.05, 0.1) is 13.1 Å². The van der Waals surface area contributed by atoms with E-state index in [2.05, 4.69) is 5.32 Å². The summed E-state index contributed by atoms with van der Waals surface area (Å²) in [6.07, 6.45) is 2.42. The lowest BCUT2D eigenvalue weighted by Gasteiger charge is -2.46. The summed E-state index contributed by atoms with van der Waals surface area (Å²) in [5.74, 6) is 0.179. The molecule has 2 aromatic rings. The maximum absolute atomic E-state index is 12.6. The summed E-state index contributed by atoms with van der Waals surface area (Å²) in [6.45, 7) is 6.95. The fourth-order valence-electron chi connectivity index (χ4n) is 3.45. The molecule has 1 fully saturated rings. The van der Waals surface area contributed by atoms with E-state index in [1.165, 1.54) is 0 Å². The zero-order valence-electron chi connectivity index (χ0n) is 16.5. The Hall–Kier alpha value is -2.34. The van der Waals surface area contributed by atoms with E-state index in [0.717, 1.165) is 10.9 Å². The number of nitrogens with one attached hydrogen (secondary N) is 1. The van der Waals surface area contributed by atoms with Crippen LogP contribution in [0.1, 0.15) is 37.6 Å². The van der Waals surface area contributed by atoms with Gasteiger partial charge >= 0.3 is 0 Å². The van der Waals surface area contributed by atoms with Crippen LogP contribution in [0.5, 0.6) is 0 Å². The normalized spacial score (nSPS) is 17.0. The molecular weight excluding hydrogens is 342 g/mol. The Morgan fingerprint density at radius 1 is 1.22 bits per heavy atom. The van der Waals surface area contributed by atoms with Gasteiger partial charge in [-0.25, -0.2) is 0 Å². The number of fused-ring (bicyclic) bond motifs is 1. The molecule has 0 saturated carbocycles. The van der Waals surface area contributed by atoms with Gasteiger partial charge in [-0.1, -0.05) is 20.8 Å². The van der Waals surface area contributed by atoms with Crippen LogP contribution in [0.15, 0.2) is 30.5 Å². The molecule has 146 valence electrons. The molecule has 0 aliphatic carbocycles. The number of hydrogen-bond donors (Lipinski definition) is 2. The van der Waals surface area contributed by atoms with E-state index in [1.807, 2.05) is 62.8 Å². The lowest BCUT2D eigenvalue weighted by atomic mass is 9.89. The molecule has 1 aromatic carbocycles. The molecule has 0 spiro atoms. The third-order valence-corrected chi connectivity index (χ3v) is 5.69. The number of carbonyl (C=O) groups excluding carboxylic acids is 2. The predicted octanol–water partition coefficient (Wildman–Crippen LogP) is 2.16. The van der Waals surface area contributed by atoms with Crippen molar-refractivity contribution in [2.45, 2.75) is 32.8 Å². The molecule has 1 unspecified atom stereocenters. The van der Waals surface area contributed by atoms with Gasteiger partial charge in [0.25, 0.3) is 5.91 Å². The number of β-amino-alcohol motifs (C(OH)–C–C–N with tert-alkyl or cyclic N) is 1. The van der Waals surface area contributed by atoms with Crippen LogP contribution >= 0.6 is 0 Å². The molecule has 27 heavy (non-hydrogen) atoms. The number of aryl methyl sites for hydroxylation is 1. The number of amides is 2. The molecule has 3 rings (SSSR count). The van der Waals surface area contributed by atoms with Crippen molar-refractivity contribution in [1.29, 1.82) is 0 Å². The second-order valence-corrected chi connectivity index (χ2v) is 8.16. The highest BCUT2D eigenvalue weighted by atomic mass is 16.3. The van der Waals surface area contributed by atoms with Crippen molar-refractivity contribution >= 4 is 22.7 Å². The maximum atomic E-state index is 12.6. The Bertz CT molecular complexity index is 849. The summed E-state index contributed by atoms with van der Waals surface area (Å²) < 4.78 is 2.01. The van der Waals surface area contributed by atoms with E-state index in [9.17, 15) is 14.7 Å². The largest absolute Gasteiger partial charge is 0.386 e. The third-order valence-electron chi connectivity index (χ3n) is 5.69. The first kappa shape index (κ1) is 19.4. The predicted molar refractivity (Wildman–Crippen MR) is 105 cm³/mol. The first-order valence-corrected chi connectivity index (χ1v) is 9.55. The van der Waals surface area contributed by atoms with E-state index in [4.69, 9.17) is 0 Å². The molecule has 1 atom stereocenters. The number of rotatable bonds is 6. The van der Waals surface area contributed by atoms with Crippen LogP contribution < -0.4 is 5.32 Å². The molecule has 1 aliphatic heterocycles. The lowest BCUT2D eigenvalue weighted by molar-refractivity contribution is -0.126. The van der Waals surface area contributed by atoms with Gasteiger partial charge < -0.3 is 19.9 Å². The fraction of sp³-hybridized carbons (Fsp3) is 0.524. The minimum Gasteiger partial charge on any atom is -0.386 e. The smallest absolute Gasteiger partial charge is 0.254 e. The van der Waals surface area contributed by atoms with Gasteiger partial charge in [0.1, 0.15) is 5.60 Å². The van der Waals surface area contributed by atoms with E-state index in [0.29, 0.717) is 31.6 Å². The van der Waals surface area contributed by atoms with Crippen molar-refractivity contribution in [2.24, 2.45) is 18.9 Å². The average Bonchev–Trinajstić information content (AvgIpc) is 2.98. The number of aliphatic hydroxyl groups is 1. The monoisotopic (exact) mass is 371 g/mol. The van der Waals surface area contributed by atoms with Crippen molar-refractivity contribution in [3.8, 4) is 0 Å². The SMILES string of the molecule is CC(C)C(C)C(=O)NCCC1(O)CN(C(=O)c2ccc3c(ccn3C)c2)C1. The minimum absolute atomic E-state index is 0.0111. The van der Waals surface area contributed by atoms with E-state index in [1.54, 1.807) is 4.90 Å². The van der Waals surface area contributed by atoms with Crippen molar-refractivity contribution in [1.82, 2.24) is 14.8 Å². The van der Waals surface area contributed by atoms with Gasteiger partial charge in [0.2, 0.25) is 5.91 Å². The molecule has 1 saturated heterocycles. The van der Waals surface area contributed by atoms with Gasteiger partial charge in [-0.05, 0) is 36.6 Å². The van der Waals surface area contributed by atoms with Crippen molar-refractivity contribution in [2.75, 3.05) is 19.6 Å². The summed E-state index contributed by atoms with van der Waals surface area (Å²) in [7, 11) is 1.97. The minimum atomic E-state index is -0.916. The quantitative estimate of drug-likeness (QED) is 0.817. The van der Waals surface area contributed by atoms with Gasteiger partial charge in [-0.3, -0.25) is 9.59 Å². The summed E-state index contributed by atoms with van der Waals surface area (Å²) in [4.78, 5) is 26.3. The summed E-state index contributed by atoms with van der Waals surface area (Å²) in [5.41, 5.74) is 0.800. The standard InChI is InChI=1S/C21H29N3O3/c1-14(2)15(3)19(25)22-9-8-21(27)12-24(13-21)20(26)17-5-6-18-16(11-17)7-10-23(18)4/h5-7,10-11,14-15,27H,8-9,12-13H2,1-4H3,(H,22,25). The highest BCUT2D eigenvalue weighted by Gasteiger charge is 2.43. The second-order valence-electron chi connectivity index (χ2n) is 8.16. The van der Waals surface area contributed by atoms with Crippen LogP contribution in [0, 0.1) is 11.8 Å². The number of nitrogens with zero attached hydrogens (tertiary/aromatic N) is 2. The third kappa shape index (κ3) is 4.00. The molecule has 6 heteroatoms. The maximum Gasteiger partial charge on any atom is 0.254 e. The number of aromatic nitrogens is 1. The Balaban J connectivity index is 1.51. The Kier molecular flexibility index (Phi) is 5.29. The molecule has 0 bridgehead atoms. The molecule has 1 aliphatic rings. The summed E-state index contributed by atoms with van der Waals surface area (Å²) in [5, 5.41) is 14.5. The second kappa shape index (κ2) is 7.35. The molecule has 6 nitrogen and oxygen atoms in total. The van der Waals surface area contributed by atoms with Crippen LogP contribution in [0.3, 0.4) is 0 Å². The first-order valence-electron chi connectivity index (χ1n) is 9.55. The van der Waals surface area contributed by atoms with Crippen LogP contribution in [0.2, 0.25) is 0 Å². The molecular formula is C21H29N3O3. The van der Waals surface area contributed by atoms with Crippen LogP contribution in [-0.2, 0) is 11.8 Å². The first-order chi connectivity index (χ1) is 12.7. The zero-order chi connectivity index (χ0) is 19.8. The van der Waals surface area contributed by atoms with Crippen molar-refractivity contribution in [3.63, 3.8) is 0 Å². The van der Waals surface area contributed by atoms with Crippen LogP contribution in [0.4, 0.5) is 0 Å². The number of hydrogen-bond acceptors (Lipinski definition) is 3. The average molecular weight is 371 g/mol. The van der Waals surface area contributed by atoms with Crippen LogP contribution in [-0.4, -0.2) is 51.6 Å². The highest BCUT2D eigenvalue weighted by Crippen LogP contribution is 2.27. The van der Waals surface area contributed by atoms with Crippen molar-refractivity contribution in [3.05, 3.63) is 36.0 Å². The van der Waals surface area contributed by atoms with Crippen LogP contribution in [0.25, 0.3) is 10.9 Å². The Labute approximate surface area is 160 Å². The molecule has 0 radical (unpaired) electrons. The van der Waals surface area contributed by atoms with Crippen molar-refractivity contribution < 1.29 is 14.7 Å². The lowest BCUT2D eigenvalue weighted by Crippen LogP contribution is -2.64. The number of carbonyl (C=O) groups is 2. The summed E-state index contributed by atoms with van der Waals surface area (Å²) in [6, 6.07) is 7.65. The number of benzene rings is 1. The summed E-state index contributed by atoms with van der Waals surface area (Å²) >= 11 is 0. The molecule has 1 aromatic heterocycles. The molecule has 2 heterocycles. The Morgan fingerprint density at radius 2 is 1.93 bits per heavy atom. The zero-order valence-corrected chi connectivity index (χ0v) is 16.5. The van der Waals surface area contributed by atoms with E-state index < -0.39 is 5.60 Å². The van der Waals surface area contributed by atoms with Gasteiger partial charge in [-0.15, -0.1) is 0 Å². The van der Waals surface area contributed by atoms with E-state index in [-0.39, 0.29) is 23.7 Å². The molecule has 2 N–H and O–H groups in total. The van der Waals surface area contributed by atoms with Gasteiger partial charge in [-0.2, -0.15) is 0 Å².